The molecule has 1 atom stereocenters. The summed E-state index contributed by atoms with van der Waals surface area (Å²) in [7, 11) is 1.58. The minimum atomic E-state index is -0.360. The molecule has 2 aromatic carbocycles. The number of methoxy groups -OCH3 is 1. The third-order valence-corrected chi connectivity index (χ3v) is 4.37. The fourth-order valence-electron chi connectivity index (χ4n) is 3.12. The van der Waals surface area contributed by atoms with Crippen molar-refractivity contribution in [3.8, 4) is 17.1 Å². The van der Waals surface area contributed by atoms with Crippen molar-refractivity contribution in [3.05, 3.63) is 59.7 Å². The van der Waals surface area contributed by atoms with Gasteiger partial charge in [-0.25, -0.2) is 0 Å². The summed E-state index contributed by atoms with van der Waals surface area (Å²) in [6.07, 6.45) is 0.0985. The van der Waals surface area contributed by atoms with E-state index in [0.29, 0.717) is 17.1 Å². The number of benzene rings is 2. The number of ether oxygens (including phenoxy) is 1. The van der Waals surface area contributed by atoms with Gasteiger partial charge in [-0.05, 0) is 23.8 Å². The molecule has 2 amide bonds. The maximum atomic E-state index is 12.4. The smallest absolute Gasteiger partial charge is 0.252 e. The van der Waals surface area contributed by atoms with Crippen molar-refractivity contribution < 1.29 is 14.3 Å². The van der Waals surface area contributed by atoms with Crippen LogP contribution in [0.15, 0.2) is 48.5 Å². The Morgan fingerprint density at radius 2 is 1.89 bits per heavy atom. The summed E-state index contributed by atoms with van der Waals surface area (Å²) in [5.41, 5.74) is 2.17. The predicted octanol–water partition coefficient (Wildman–Crippen LogP) is 2.29. The number of nitrogens with zero attached hydrogens (tertiary/aromatic N) is 2. The Kier molecular flexibility index (Phi) is 4.29. The van der Waals surface area contributed by atoms with Gasteiger partial charge in [-0.2, -0.15) is 4.98 Å². The molecule has 0 saturated heterocycles. The lowest BCUT2D eigenvalue weighted by molar-refractivity contribution is -0.116. The van der Waals surface area contributed by atoms with Crippen LogP contribution >= 0.6 is 0 Å². The van der Waals surface area contributed by atoms with Crippen LogP contribution in [0.1, 0.15) is 28.4 Å². The highest BCUT2D eigenvalue weighted by atomic mass is 16.5. The molecule has 8 heteroatoms. The lowest BCUT2D eigenvalue weighted by Gasteiger charge is -2.10. The molecule has 3 N–H and O–H groups in total. The number of amides is 2. The molecule has 1 aliphatic heterocycles. The molecule has 0 radical (unpaired) electrons. The van der Waals surface area contributed by atoms with Crippen molar-refractivity contribution in [3.63, 3.8) is 0 Å². The first kappa shape index (κ1) is 16.8. The van der Waals surface area contributed by atoms with Crippen molar-refractivity contribution in [2.75, 3.05) is 12.4 Å². The fourth-order valence-corrected chi connectivity index (χ4v) is 3.12. The van der Waals surface area contributed by atoms with Crippen molar-refractivity contribution in [1.29, 1.82) is 0 Å². The van der Waals surface area contributed by atoms with Crippen LogP contribution < -0.4 is 15.4 Å². The number of hydrogen-bond acceptors (Lipinski definition) is 5. The first-order valence-electron chi connectivity index (χ1n) is 8.41. The van der Waals surface area contributed by atoms with E-state index in [2.05, 4.69) is 25.8 Å². The fraction of sp³-hybridized carbons (Fsp3) is 0.158. The molecule has 2 heterocycles. The van der Waals surface area contributed by atoms with Gasteiger partial charge in [0.25, 0.3) is 5.91 Å². The maximum Gasteiger partial charge on any atom is 0.252 e. The van der Waals surface area contributed by atoms with Crippen molar-refractivity contribution >= 4 is 17.8 Å². The van der Waals surface area contributed by atoms with Crippen LogP contribution in [0.5, 0.6) is 5.75 Å². The number of hydrogen-bond donors (Lipinski definition) is 3. The SMILES string of the molecule is COc1ccccc1-c1nc(NC(=O)C[C@@H]2NC(=O)c3ccccc32)n[nH]1. The van der Waals surface area contributed by atoms with Crippen LogP contribution in [-0.2, 0) is 4.79 Å². The molecule has 3 aromatic rings. The average Bonchev–Trinajstić information content (AvgIpc) is 3.27. The Morgan fingerprint density at radius 3 is 2.70 bits per heavy atom. The van der Waals surface area contributed by atoms with Gasteiger partial charge < -0.3 is 10.1 Å². The van der Waals surface area contributed by atoms with E-state index in [4.69, 9.17) is 4.74 Å². The zero-order valence-electron chi connectivity index (χ0n) is 14.5. The van der Waals surface area contributed by atoms with E-state index < -0.39 is 0 Å². The number of anilines is 1. The minimum Gasteiger partial charge on any atom is -0.496 e. The van der Waals surface area contributed by atoms with E-state index >= 15 is 0 Å². The Labute approximate surface area is 155 Å². The molecule has 0 saturated carbocycles. The summed E-state index contributed by atoms with van der Waals surface area (Å²) in [4.78, 5) is 28.6. The molecule has 0 aliphatic carbocycles. The van der Waals surface area contributed by atoms with Crippen molar-refractivity contribution in [1.82, 2.24) is 20.5 Å². The van der Waals surface area contributed by atoms with Gasteiger partial charge in [-0.3, -0.25) is 20.0 Å². The number of nitrogens with one attached hydrogen (secondary N) is 3. The first-order valence-corrected chi connectivity index (χ1v) is 8.41. The Balaban J connectivity index is 1.46. The van der Waals surface area contributed by atoms with Crippen LogP contribution in [0.2, 0.25) is 0 Å². The highest BCUT2D eigenvalue weighted by Gasteiger charge is 2.29. The van der Waals surface area contributed by atoms with Gasteiger partial charge in [-0.15, -0.1) is 5.10 Å². The lowest BCUT2D eigenvalue weighted by atomic mass is 10.0. The third kappa shape index (κ3) is 3.24. The summed E-state index contributed by atoms with van der Waals surface area (Å²) in [5, 5.41) is 12.3. The van der Waals surface area contributed by atoms with E-state index in [9.17, 15) is 9.59 Å². The molecule has 4 rings (SSSR count). The number of H-pyrrole nitrogens is 1. The van der Waals surface area contributed by atoms with Gasteiger partial charge in [0, 0.05) is 5.56 Å². The quantitative estimate of drug-likeness (QED) is 0.644. The maximum absolute atomic E-state index is 12.4. The molecule has 1 aromatic heterocycles. The van der Waals surface area contributed by atoms with Gasteiger partial charge in [-0.1, -0.05) is 30.3 Å². The molecule has 8 nitrogen and oxygen atoms in total. The van der Waals surface area contributed by atoms with E-state index in [0.717, 1.165) is 11.1 Å². The van der Waals surface area contributed by atoms with Crippen LogP contribution in [0.3, 0.4) is 0 Å². The molecule has 136 valence electrons. The molecule has 27 heavy (non-hydrogen) atoms. The van der Waals surface area contributed by atoms with Crippen LogP contribution in [-0.4, -0.2) is 34.1 Å². The zero-order valence-corrected chi connectivity index (χ0v) is 14.5. The number of aromatic amines is 1. The number of carbonyl (C=O) groups is 2. The first-order chi connectivity index (χ1) is 13.2. The van der Waals surface area contributed by atoms with Crippen molar-refractivity contribution in [2.45, 2.75) is 12.5 Å². The zero-order chi connectivity index (χ0) is 18.8. The number of fused-ring (bicyclic) bond motifs is 1. The summed E-state index contributed by atoms with van der Waals surface area (Å²) in [6.45, 7) is 0. The van der Waals surface area contributed by atoms with E-state index in [1.807, 2.05) is 36.4 Å². The normalized spacial score (nSPS) is 15.1. The summed E-state index contributed by atoms with van der Waals surface area (Å²) in [5.74, 6) is 0.847. The molecule has 0 spiro atoms. The lowest BCUT2D eigenvalue weighted by Crippen LogP contribution is -2.24. The predicted molar refractivity (Wildman–Crippen MR) is 98.3 cm³/mol. The Hall–Kier alpha value is -3.68. The average molecular weight is 363 g/mol. The monoisotopic (exact) mass is 363 g/mol. The molecule has 0 fully saturated rings. The summed E-state index contributed by atoms with van der Waals surface area (Å²) in [6, 6.07) is 14.3. The highest BCUT2D eigenvalue weighted by Crippen LogP contribution is 2.29. The van der Waals surface area contributed by atoms with Gasteiger partial charge >= 0.3 is 0 Å². The standard InChI is InChI=1S/C19H17N5O3/c1-27-15-9-5-4-8-13(15)17-22-19(24-23-17)21-16(25)10-14-11-6-2-3-7-12(11)18(26)20-14/h2-9,14H,10H2,1H3,(H,20,26)(H2,21,22,23,24,25)/t14-/m0/s1. The summed E-state index contributed by atoms with van der Waals surface area (Å²) >= 11 is 0. The van der Waals surface area contributed by atoms with E-state index in [-0.39, 0.29) is 30.2 Å². The van der Waals surface area contributed by atoms with Crippen LogP contribution in [0, 0.1) is 0 Å². The molecule has 1 aliphatic rings. The highest BCUT2D eigenvalue weighted by molar-refractivity contribution is 6.00. The summed E-state index contributed by atoms with van der Waals surface area (Å²) < 4.78 is 5.31. The second-order valence-electron chi connectivity index (χ2n) is 6.07. The van der Waals surface area contributed by atoms with Gasteiger partial charge in [0.1, 0.15) is 5.75 Å². The third-order valence-electron chi connectivity index (χ3n) is 4.37. The number of para-hydroxylation sites is 1. The molecule has 0 bridgehead atoms. The van der Waals surface area contributed by atoms with Crippen molar-refractivity contribution in [2.24, 2.45) is 0 Å². The topological polar surface area (TPSA) is 109 Å². The Morgan fingerprint density at radius 1 is 1.15 bits per heavy atom. The largest absolute Gasteiger partial charge is 0.496 e. The second-order valence-corrected chi connectivity index (χ2v) is 6.07. The minimum absolute atomic E-state index is 0.0985. The number of rotatable bonds is 5. The van der Waals surface area contributed by atoms with Gasteiger partial charge in [0.15, 0.2) is 5.82 Å². The van der Waals surface area contributed by atoms with Gasteiger partial charge in [0.05, 0.1) is 25.1 Å². The molecular weight excluding hydrogens is 346 g/mol. The van der Waals surface area contributed by atoms with E-state index in [1.54, 1.807) is 19.2 Å². The van der Waals surface area contributed by atoms with E-state index in [1.165, 1.54) is 0 Å². The molecule has 0 unspecified atom stereocenters. The van der Waals surface area contributed by atoms with Crippen LogP contribution in [0.25, 0.3) is 11.4 Å². The van der Waals surface area contributed by atoms with Gasteiger partial charge in [0.2, 0.25) is 11.9 Å². The number of aromatic nitrogens is 3. The van der Waals surface area contributed by atoms with Crippen LogP contribution in [0.4, 0.5) is 5.95 Å². The Bertz CT molecular complexity index is 1010. The second kappa shape index (κ2) is 6.91. The number of carbonyl (C=O) groups excluding carboxylic acids is 2. The molecular formula is C19H17N5O3.